The van der Waals surface area contributed by atoms with Gasteiger partial charge in [-0.15, -0.1) is 0 Å². The molecule has 1 fully saturated rings. The smallest absolute Gasteiger partial charge is 0.327 e. The molecule has 9 heteroatoms. The monoisotopic (exact) mass is 396 g/mol. The molecule has 0 aromatic carbocycles. The molecule has 0 spiro atoms. The van der Waals surface area contributed by atoms with E-state index in [9.17, 15) is 19.1 Å². The Morgan fingerprint density at radius 2 is 2.07 bits per heavy atom. The quantitative estimate of drug-likeness (QED) is 0.748. The molecule has 0 aliphatic carbocycles. The number of hydrogen-bond acceptors (Lipinski definition) is 6. The van der Waals surface area contributed by atoms with Gasteiger partial charge in [-0.1, -0.05) is 13.8 Å². The summed E-state index contributed by atoms with van der Waals surface area (Å²) in [4.78, 5) is 36.0. The van der Waals surface area contributed by atoms with Crippen molar-refractivity contribution in [2.24, 2.45) is 5.92 Å². The van der Waals surface area contributed by atoms with Crippen LogP contribution in [0, 0.1) is 18.7 Å². The van der Waals surface area contributed by atoms with Crippen LogP contribution in [0.25, 0.3) is 0 Å². The number of piperazine rings is 1. The number of carbonyl (C=O) groups excluding carboxylic acids is 1. The lowest BCUT2D eigenvalue weighted by atomic mass is 9.99. The Hall–Kier alpha value is -2.13. The minimum atomic E-state index is -1.07. The van der Waals surface area contributed by atoms with Crippen molar-refractivity contribution < 1.29 is 23.8 Å². The van der Waals surface area contributed by atoms with Crippen molar-refractivity contribution in [3.8, 4) is 0 Å². The van der Waals surface area contributed by atoms with Gasteiger partial charge in [0.05, 0.1) is 17.9 Å². The highest BCUT2D eigenvalue weighted by Gasteiger charge is 2.42. The molecule has 2 heterocycles. The topological polar surface area (TPSA) is 95.9 Å². The molecule has 0 bridgehead atoms. The second-order valence-electron chi connectivity index (χ2n) is 7.50. The molecule has 8 nitrogen and oxygen atoms in total. The van der Waals surface area contributed by atoms with Crippen LogP contribution in [0.15, 0.2) is 6.20 Å². The van der Waals surface area contributed by atoms with Gasteiger partial charge in [0.15, 0.2) is 5.82 Å². The molecule has 1 aromatic heterocycles. The van der Waals surface area contributed by atoms with Crippen LogP contribution in [0.5, 0.6) is 0 Å². The van der Waals surface area contributed by atoms with Gasteiger partial charge in [-0.25, -0.2) is 19.2 Å². The van der Waals surface area contributed by atoms with E-state index in [0.29, 0.717) is 25.4 Å². The molecule has 28 heavy (non-hydrogen) atoms. The number of halogens is 1. The van der Waals surface area contributed by atoms with Crippen LogP contribution >= 0.6 is 0 Å². The molecule has 1 amide bonds. The molecular formula is C19H29FN4O4. The first-order chi connectivity index (χ1) is 13.2. The van der Waals surface area contributed by atoms with E-state index >= 15 is 0 Å². The Morgan fingerprint density at radius 3 is 2.64 bits per heavy atom. The van der Waals surface area contributed by atoms with Crippen LogP contribution in [0.3, 0.4) is 0 Å². The number of amides is 1. The minimum absolute atomic E-state index is 0.0923. The first-order valence-electron chi connectivity index (χ1n) is 9.44. The lowest BCUT2D eigenvalue weighted by Gasteiger charge is -2.47. The first-order valence-corrected chi connectivity index (χ1v) is 9.44. The zero-order valence-corrected chi connectivity index (χ0v) is 17.1. The van der Waals surface area contributed by atoms with Gasteiger partial charge < -0.3 is 14.7 Å². The zero-order valence-electron chi connectivity index (χ0n) is 17.1. The fraction of sp³-hybridized carbons (Fsp3) is 0.684. The molecule has 2 rings (SSSR count). The number of carboxylic acid groups (broad SMARTS) is 1. The lowest BCUT2D eigenvalue weighted by molar-refractivity contribution is -0.159. The maximum Gasteiger partial charge on any atom is 0.327 e. The van der Waals surface area contributed by atoms with Crippen molar-refractivity contribution in [3.63, 3.8) is 0 Å². The Morgan fingerprint density at radius 1 is 1.39 bits per heavy atom. The van der Waals surface area contributed by atoms with Crippen LogP contribution in [0.4, 0.5) is 4.39 Å². The van der Waals surface area contributed by atoms with Crippen LogP contribution in [0.2, 0.25) is 0 Å². The summed E-state index contributed by atoms with van der Waals surface area (Å²) in [5.41, 5.74) is 0.226. The zero-order chi connectivity index (χ0) is 21.0. The third kappa shape index (κ3) is 4.82. The number of carboxylic acids is 1. The number of aryl methyl sites for hydroxylation is 1. The summed E-state index contributed by atoms with van der Waals surface area (Å²) in [6.45, 7) is 7.87. The summed E-state index contributed by atoms with van der Waals surface area (Å²) in [6.07, 6.45) is 1.58. The van der Waals surface area contributed by atoms with Crippen molar-refractivity contribution in [3.05, 3.63) is 23.5 Å². The summed E-state index contributed by atoms with van der Waals surface area (Å²) in [7, 11) is 1.56. The largest absolute Gasteiger partial charge is 0.480 e. The van der Waals surface area contributed by atoms with E-state index in [1.165, 1.54) is 4.90 Å². The van der Waals surface area contributed by atoms with E-state index in [1.807, 2.05) is 11.8 Å². The summed E-state index contributed by atoms with van der Waals surface area (Å²) >= 11 is 0. The van der Waals surface area contributed by atoms with Gasteiger partial charge >= 0.3 is 5.97 Å². The van der Waals surface area contributed by atoms with E-state index in [0.717, 1.165) is 6.20 Å². The van der Waals surface area contributed by atoms with Crippen molar-refractivity contribution in [1.29, 1.82) is 0 Å². The number of rotatable bonds is 7. The molecule has 0 unspecified atom stereocenters. The standard InChI is InChI=1S/C19H29FN4O4/c1-11(2)18(25)24-12(3)9-23(10-16(24)19(26)27)15(6-7-28-5)17-14(20)8-21-13(4)22-17/h8,11-12,15-16H,6-7,9-10H2,1-5H3,(H,26,27)/t12-,15-,16-/m1/s1. The lowest BCUT2D eigenvalue weighted by Crippen LogP contribution is -2.63. The van der Waals surface area contributed by atoms with E-state index in [-0.39, 0.29) is 30.1 Å². The molecule has 1 aromatic rings. The van der Waals surface area contributed by atoms with Crippen molar-refractivity contribution in [2.75, 3.05) is 26.8 Å². The molecule has 0 radical (unpaired) electrons. The molecule has 1 aliphatic heterocycles. The molecule has 156 valence electrons. The molecular weight excluding hydrogens is 367 g/mol. The molecule has 3 atom stereocenters. The van der Waals surface area contributed by atoms with E-state index in [4.69, 9.17) is 4.74 Å². The van der Waals surface area contributed by atoms with Gasteiger partial charge in [0.1, 0.15) is 11.9 Å². The number of nitrogens with zero attached hydrogens (tertiary/aromatic N) is 4. The highest BCUT2D eigenvalue weighted by Crippen LogP contribution is 2.30. The number of ether oxygens (including phenoxy) is 1. The maximum atomic E-state index is 14.5. The van der Waals surface area contributed by atoms with E-state index in [1.54, 1.807) is 27.9 Å². The fourth-order valence-electron chi connectivity index (χ4n) is 3.67. The van der Waals surface area contributed by atoms with Crippen molar-refractivity contribution in [1.82, 2.24) is 19.8 Å². The summed E-state index contributed by atoms with van der Waals surface area (Å²) in [5.74, 6) is -1.67. The first kappa shape index (κ1) is 22.2. The fourth-order valence-corrected chi connectivity index (χ4v) is 3.67. The average molecular weight is 396 g/mol. The predicted octanol–water partition coefficient (Wildman–Crippen LogP) is 1.64. The number of methoxy groups -OCH3 is 1. The molecule has 1 N–H and O–H groups in total. The normalized spacial score (nSPS) is 21.8. The summed E-state index contributed by atoms with van der Waals surface area (Å²) in [6, 6.07) is -1.81. The van der Waals surface area contributed by atoms with Gasteiger partial charge in [-0.05, 0) is 20.3 Å². The minimum Gasteiger partial charge on any atom is -0.480 e. The predicted molar refractivity (Wildman–Crippen MR) is 100 cm³/mol. The van der Waals surface area contributed by atoms with E-state index < -0.39 is 23.9 Å². The number of carbonyl (C=O) groups is 2. The van der Waals surface area contributed by atoms with Crippen LogP contribution in [0.1, 0.15) is 44.8 Å². The Labute approximate surface area is 164 Å². The summed E-state index contributed by atoms with van der Waals surface area (Å²) in [5, 5.41) is 9.76. The van der Waals surface area contributed by atoms with Crippen molar-refractivity contribution >= 4 is 11.9 Å². The Kier molecular flexibility index (Phi) is 7.42. The third-order valence-electron chi connectivity index (χ3n) is 4.99. The number of hydrogen-bond donors (Lipinski definition) is 1. The molecule has 1 aliphatic rings. The Balaban J connectivity index is 2.38. The van der Waals surface area contributed by atoms with Gasteiger partial charge in [0.2, 0.25) is 5.91 Å². The van der Waals surface area contributed by atoms with E-state index in [2.05, 4.69) is 9.97 Å². The second kappa shape index (κ2) is 9.38. The van der Waals surface area contributed by atoms with Crippen LogP contribution in [-0.2, 0) is 14.3 Å². The van der Waals surface area contributed by atoms with Crippen molar-refractivity contribution in [2.45, 2.75) is 52.2 Å². The van der Waals surface area contributed by atoms with Gasteiger partial charge in [-0.2, -0.15) is 0 Å². The average Bonchev–Trinajstić information content (AvgIpc) is 2.63. The Bertz CT molecular complexity index is 715. The molecule has 1 saturated heterocycles. The number of aromatic nitrogens is 2. The summed E-state index contributed by atoms with van der Waals surface area (Å²) < 4.78 is 19.7. The second-order valence-corrected chi connectivity index (χ2v) is 7.50. The maximum absolute atomic E-state index is 14.5. The van der Waals surface area contributed by atoms with Gasteiger partial charge in [-0.3, -0.25) is 9.69 Å². The van der Waals surface area contributed by atoms with Crippen LogP contribution in [-0.4, -0.2) is 75.6 Å². The number of aliphatic carboxylic acids is 1. The van der Waals surface area contributed by atoms with Crippen LogP contribution < -0.4 is 0 Å². The molecule has 0 saturated carbocycles. The highest BCUT2D eigenvalue weighted by molar-refractivity contribution is 5.85. The van der Waals surface area contributed by atoms with Gasteiger partial charge in [0.25, 0.3) is 0 Å². The SMILES string of the molecule is COCC[C@H](c1nc(C)ncc1F)N1C[C@@H](C)N(C(=O)C(C)C)[C@@H](C(=O)O)C1. The van der Waals surface area contributed by atoms with Gasteiger partial charge in [0, 0.05) is 38.8 Å². The third-order valence-corrected chi connectivity index (χ3v) is 4.99. The highest BCUT2D eigenvalue weighted by atomic mass is 19.1.